The lowest BCUT2D eigenvalue weighted by molar-refractivity contribution is 0.0697. The van der Waals surface area contributed by atoms with Crippen LogP contribution in [0.4, 0.5) is 5.69 Å². The highest BCUT2D eigenvalue weighted by Crippen LogP contribution is 2.12. The Kier molecular flexibility index (Phi) is 6.33. The predicted molar refractivity (Wildman–Crippen MR) is 95.1 cm³/mol. The standard InChI is InChI=1S/C18H21N3O3/c1-21(2)11-12-24-17-9-3-14(4-10-17)13-19-20-16-7-5-15(6-8-16)18(22)23/h3-10,13,20H,11-12H2,1-2H3,(H,22,23). The van der Waals surface area contributed by atoms with Gasteiger partial charge in [-0.3, -0.25) is 5.43 Å². The molecule has 6 nitrogen and oxygen atoms in total. The highest BCUT2D eigenvalue weighted by atomic mass is 16.5. The van der Waals surface area contributed by atoms with Gasteiger partial charge in [-0.25, -0.2) is 4.79 Å². The molecule has 0 heterocycles. The van der Waals surface area contributed by atoms with E-state index in [9.17, 15) is 4.79 Å². The van der Waals surface area contributed by atoms with Crippen molar-refractivity contribution in [1.29, 1.82) is 0 Å². The Balaban J connectivity index is 1.84. The van der Waals surface area contributed by atoms with Crippen molar-refractivity contribution in [2.45, 2.75) is 0 Å². The van der Waals surface area contributed by atoms with Gasteiger partial charge >= 0.3 is 5.97 Å². The molecule has 6 heteroatoms. The van der Waals surface area contributed by atoms with Gasteiger partial charge in [-0.15, -0.1) is 0 Å². The molecule has 0 atom stereocenters. The van der Waals surface area contributed by atoms with Crippen molar-refractivity contribution in [3.05, 3.63) is 59.7 Å². The molecule has 2 aromatic carbocycles. The fourth-order valence-electron chi connectivity index (χ4n) is 1.86. The van der Waals surface area contributed by atoms with Crippen LogP contribution >= 0.6 is 0 Å². The van der Waals surface area contributed by atoms with E-state index in [2.05, 4.69) is 15.4 Å². The number of nitrogens with one attached hydrogen (secondary N) is 1. The zero-order valence-electron chi connectivity index (χ0n) is 13.8. The maximum Gasteiger partial charge on any atom is 0.335 e. The number of likely N-dealkylation sites (N-methyl/N-ethyl adjacent to an activating group) is 1. The molecule has 0 radical (unpaired) electrons. The van der Waals surface area contributed by atoms with Crippen molar-refractivity contribution in [1.82, 2.24) is 4.90 Å². The van der Waals surface area contributed by atoms with Gasteiger partial charge in [0, 0.05) is 6.54 Å². The number of aromatic carboxylic acids is 1. The van der Waals surface area contributed by atoms with Gasteiger partial charge in [-0.05, 0) is 68.2 Å². The maximum atomic E-state index is 10.8. The Hall–Kier alpha value is -2.86. The van der Waals surface area contributed by atoms with E-state index < -0.39 is 5.97 Å². The highest BCUT2D eigenvalue weighted by molar-refractivity contribution is 5.88. The van der Waals surface area contributed by atoms with Crippen LogP contribution in [-0.4, -0.2) is 49.4 Å². The molecule has 0 aliphatic carbocycles. The number of carboxylic acid groups (broad SMARTS) is 1. The molecule has 2 N–H and O–H groups in total. The van der Waals surface area contributed by atoms with Crippen LogP contribution in [0.3, 0.4) is 0 Å². The third kappa shape index (κ3) is 5.73. The molecule has 0 bridgehead atoms. The van der Waals surface area contributed by atoms with Gasteiger partial charge in [-0.1, -0.05) is 0 Å². The number of hydrogen-bond donors (Lipinski definition) is 2. The van der Waals surface area contributed by atoms with E-state index in [1.807, 2.05) is 38.4 Å². The summed E-state index contributed by atoms with van der Waals surface area (Å²) in [4.78, 5) is 12.8. The Morgan fingerprint density at radius 3 is 2.42 bits per heavy atom. The van der Waals surface area contributed by atoms with Crippen LogP contribution in [0, 0.1) is 0 Å². The second-order valence-corrected chi connectivity index (χ2v) is 5.47. The average Bonchev–Trinajstić information content (AvgIpc) is 2.56. The van der Waals surface area contributed by atoms with Gasteiger partial charge in [0.15, 0.2) is 0 Å². The Morgan fingerprint density at radius 1 is 1.17 bits per heavy atom. The molecule has 0 saturated carbocycles. The molecular weight excluding hydrogens is 306 g/mol. The van der Waals surface area contributed by atoms with Crippen LogP contribution in [-0.2, 0) is 0 Å². The lowest BCUT2D eigenvalue weighted by Crippen LogP contribution is -2.19. The first-order chi connectivity index (χ1) is 11.5. The molecule has 24 heavy (non-hydrogen) atoms. The fourth-order valence-corrected chi connectivity index (χ4v) is 1.86. The van der Waals surface area contributed by atoms with Gasteiger partial charge < -0.3 is 14.7 Å². The Morgan fingerprint density at radius 2 is 1.83 bits per heavy atom. The number of ether oxygens (including phenoxy) is 1. The fraction of sp³-hybridized carbons (Fsp3) is 0.222. The van der Waals surface area contributed by atoms with Crippen molar-refractivity contribution in [3.8, 4) is 5.75 Å². The summed E-state index contributed by atoms with van der Waals surface area (Å²) in [7, 11) is 4.01. The minimum absolute atomic E-state index is 0.245. The number of carboxylic acids is 1. The van der Waals surface area contributed by atoms with Crippen LogP contribution in [0.5, 0.6) is 5.75 Å². The zero-order valence-corrected chi connectivity index (χ0v) is 13.8. The van der Waals surface area contributed by atoms with Crippen molar-refractivity contribution in [2.24, 2.45) is 5.10 Å². The minimum atomic E-state index is -0.946. The molecular formula is C18H21N3O3. The topological polar surface area (TPSA) is 74.2 Å². The van der Waals surface area contributed by atoms with E-state index in [1.54, 1.807) is 18.3 Å². The molecule has 2 aromatic rings. The van der Waals surface area contributed by atoms with Gasteiger partial charge in [0.25, 0.3) is 0 Å². The summed E-state index contributed by atoms with van der Waals surface area (Å²) in [6.45, 7) is 1.52. The Labute approximate surface area is 141 Å². The first kappa shape index (κ1) is 17.5. The quantitative estimate of drug-likeness (QED) is 0.576. The zero-order chi connectivity index (χ0) is 17.4. The maximum absolute atomic E-state index is 10.8. The second kappa shape index (κ2) is 8.69. The summed E-state index contributed by atoms with van der Waals surface area (Å²) in [6, 6.07) is 14.0. The minimum Gasteiger partial charge on any atom is -0.492 e. The van der Waals surface area contributed by atoms with Gasteiger partial charge in [0.1, 0.15) is 12.4 Å². The third-order valence-corrected chi connectivity index (χ3v) is 3.23. The first-order valence-corrected chi connectivity index (χ1v) is 7.54. The third-order valence-electron chi connectivity index (χ3n) is 3.23. The molecule has 0 fully saturated rings. The molecule has 126 valence electrons. The largest absolute Gasteiger partial charge is 0.492 e. The van der Waals surface area contributed by atoms with Crippen molar-refractivity contribution in [2.75, 3.05) is 32.7 Å². The lowest BCUT2D eigenvalue weighted by atomic mass is 10.2. The molecule has 2 rings (SSSR count). The second-order valence-electron chi connectivity index (χ2n) is 5.47. The van der Waals surface area contributed by atoms with Crippen molar-refractivity contribution < 1.29 is 14.6 Å². The van der Waals surface area contributed by atoms with E-state index in [0.717, 1.165) is 23.5 Å². The first-order valence-electron chi connectivity index (χ1n) is 7.54. The molecule has 0 spiro atoms. The van der Waals surface area contributed by atoms with E-state index >= 15 is 0 Å². The van der Waals surface area contributed by atoms with Crippen LogP contribution in [0.1, 0.15) is 15.9 Å². The van der Waals surface area contributed by atoms with Crippen LogP contribution in [0.2, 0.25) is 0 Å². The van der Waals surface area contributed by atoms with E-state index in [0.29, 0.717) is 6.61 Å². The highest BCUT2D eigenvalue weighted by Gasteiger charge is 2.00. The van der Waals surface area contributed by atoms with Gasteiger partial charge in [0.05, 0.1) is 17.5 Å². The monoisotopic (exact) mass is 327 g/mol. The molecule has 0 aromatic heterocycles. The number of hydrazone groups is 1. The number of benzene rings is 2. The summed E-state index contributed by atoms with van der Waals surface area (Å²) in [5, 5.41) is 13.0. The van der Waals surface area contributed by atoms with Crippen LogP contribution in [0.25, 0.3) is 0 Å². The van der Waals surface area contributed by atoms with E-state index in [-0.39, 0.29) is 5.56 Å². The van der Waals surface area contributed by atoms with Gasteiger partial charge in [-0.2, -0.15) is 5.10 Å². The van der Waals surface area contributed by atoms with Crippen molar-refractivity contribution >= 4 is 17.9 Å². The molecule has 0 saturated heterocycles. The number of hydrogen-bond acceptors (Lipinski definition) is 5. The lowest BCUT2D eigenvalue weighted by Gasteiger charge is -2.10. The van der Waals surface area contributed by atoms with E-state index in [1.165, 1.54) is 12.1 Å². The number of rotatable bonds is 8. The molecule has 0 aliphatic heterocycles. The summed E-state index contributed by atoms with van der Waals surface area (Å²) >= 11 is 0. The molecule has 0 amide bonds. The van der Waals surface area contributed by atoms with E-state index in [4.69, 9.17) is 9.84 Å². The molecule has 0 unspecified atom stereocenters. The Bertz CT molecular complexity index is 680. The smallest absolute Gasteiger partial charge is 0.335 e. The predicted octanol–water partition coefficient (Wildman–Crippen LogP) is 2.77. The number of anilines is 1. The summed E-state index contributed by atoms with van der Waals surface area (Å²) in [6.07, 6.45) is 1.69. The van der Waals surface area contributed by atoms with Crippen molar-refractivity contribution in [3.63, 3.8) is 0 Å². The summed E-state index contributed by atoms with van der Waals surface area (Å²) in [5.41, 5.74) is 4.76. The number of carbonyl (C=O) groups is 1. The van der Waals surface area contributed by atoms with Gasteiger partial charge in [0.2, 0.25) is 0 Å². The summed E-state index contributed by atoms with van der Waals surface area (Å²) < 4.78 is 5.63. The van der Waals surface area contributed by atoms with Crippen LogP contribution < -0.4 is 10.2 Å². The molecule has 0 aliphatic rings. The normalized spacial score (nSPS) is 11.0. The van der Waals surface area contributed by atoms with Crippen LogP contribution in [0.15, 0.2) is 53.6 Å². The number of nitrogens with zero attached hydrogens (tertiary/aromatic N) is 2. The summed E-state index contributed by atoms with van der Waals surface area (Å²) in [5.74, 6) is -0.121. The average molecular weight is 327 g/mol. The SMILES string of the molecule is CN(C)CCOc1ccc(C=NNc2ccc(C(=O)O)cc2)cc1.